The molecule has 4 atom stereocenters. The molecule has 7 N–H and O–H groups in total. The predicted molar refractivity (Wildman–Crippen MR) is 87.4 cm³/mol. The molecule has 156 valence electrons. The van der Waals surface area contributed by atoms with Crippen molar-refractivity contribution in [3.63, 3.8) is 0 Å². The van der Waals surface area contributed by atoms with E-state index in [2.05, 4.69) is 18.9 Å². The Kier molecular flexibility index (Phi) is 5.35. The molecule has 28 heavy (non-hydrogen) atoms. The summed E-state index contributed by atoms with van der Waals surface area (Å²) in [5, 5.41) is 19.0. The number of hydrogen-bond donors (Lipinski definition) is 6. The van der Waals surface area contributed by atoms with Gasteiger partial charge in [-0.2, -0.15) is 9.29 Å². The highest BCUT2D eigenvalue weighted by atomic mass is 31.3. The van der Waals surface area contributed by atoms with Crippen molar-refractivity contribution in [2.75, 3.05) is 12.3 Å². The maximum Gasteiger partial charge on any atom is 0.555 e. The van der Waals surface area contributed by atoms with Crippen LogP contribution in [0.3, 0.4) is 0 Å². The smallest absolute Gasteiger partial charge is 0.394 e. The zero-order chi connectivity index (χ0) is 20.9. The van der Waals surface area contributed by atoms with Crippen LogP contribution >= 0.6 is 15.6 Å². The molecule has 1 unspecified atom stereocenters. The van der Waals surface area contributed by atoms with Gasteiger partial charge in [0.05, 0.1) is 19.0 Å². The summed E-state index contributed by atoms with van der Waals surface area (Å²) in [6.07, 6.45) is -1.47. The van der Waals surface area contributed by atoms with Crippen LogP contribution in [0.5, 0.6) is 0 Å². The minimum Gasteiger partial charge on any atom is -0.394 e. The number of aliphatic hydroxyl groups is 2. The molecule has 0 aliphatic carbocycles. The van der Waals surface area contributed by atoms with Crippen LogP contribution in [-0.4, -0.2) is 63.0 Å². The fourth-order valence-corrected chi connectivity index (χ4v) is 4.12. The molecule has 3 rings (SSSR count). The number of rotatable bonds is 6. The number of hydrogen-bond acceptors (Lipinski definition) is 11. The largest absolute Gasteiger partial charge is 0.555 e. The van der Waals surface area contributed by atoms with Crippen molar-refractivity contribution in [1.29, 1.82) is 0 Å². The fraction of sp³-hybridized carbons (Fsp3) is 0.500. The number of aliphatic hydroxyl groups excluding tert-OH is 2. The van der Waals surface area contributed by atoms with Gasteiger partial charge in [-0.15, -0.1) is 0 Å². The van der Waals surface area contributed by atoms with Crippen LogP contribution in [0.25, 0.3) is 11.2 Å². The number of nitrogens with zero attached hydrogens (tertiary/aromatic N) is 4. The SMILES string of the molecule is Nc1nc2c(ncn2[C@H]2C[C@H](O)[C@@H](CO)O2)c(=O)n1OP(=O)(O)OP(=O)(O)O. The molecular formula is C10H15N5O11P2. The summed E-state index contributed by atoms with van der Waals surface area (Å²) in [5.74, 6) is -0.764. The third-order valence-electron chi connectivity index (χ3n) is 3.67. The van der Waals surface area contributed by atoms with E-state index in [-0.39, 0.29) is 16.8 Å². The molecule has 2 aromatic heterocycles. The minimum atomic E-state index is -5.44. The lowest BCUT2D eigenvalue weighted by Gasteiger charge is -2.16. The standard InChI is InChI=1S/C10H15N5O11P2/c11-10-13-8-7(9(18)15(10)25-28(22,23)26-27(19,20)21)12-3-14(8)6-1-4(17)5(2-16)24-6/h3-6,16-17H,1-2H2,(H2,11,13)(H,22,23)(H2,19,20,21)/t4-,5+,6+/m0/s1. The maximum absolute atomic E-state index is 12.4. The highest BCUT2D eigenvalue weighted by Gasteiger charge is 2.37. The molecule has 1 fully saturated rings. The van der Waals surface area contributed by atoms with Gasteiger partial charge in [0, 0.05) is 6.42 Å². The molecule has 0 spiro atoms. The Hall–Kier alpha value is -1.87. The Balaban J connectivity index is 1.98. The summed E-state index contributed by atoms with van der Waals surface area (Å²) < 4.78 is 36.9. The lowest BCUT2D eigenvalue weighted by molar-refractivity contribution is -0.0432. The van der Waals surface area contributed by atoms with Gasteiger partial charge in [0.1, 0.15) is 12.3 Å². The highest BCUT2D eigenvalue weighted by molar-refractivity contribution is 7.60. The highest BCUT2D eigenvalue weighted by Crippen LogP contribution is 2.55. The molecule has 1 aliphatic rings. The molecule has 0 aromatic carbocycles. The van der Waals surface area contributed by atoms with E-state index < -0.39 is 57.7 Å². The fourth-order valence-electron chi connectivity index (χ4n) is 2.56. The third kappa shape index (κ3) is 4.10. The molecule has 0 amide bonds. The zero-order valence-corrected chi connectivity index (χ0v) is 15.5. The Bertz CT molecular complexity index is 1050. The average molecular weight is 443 g/mol. The summed E-state index contributed by atoms with van der Waals surface area (Å²) in [6.45, 7) is -0.439. The molecule has 0 bridgehead atoms. The van der Waals surface area contributed by atoms with E-state index >= 15 is 0 Å². The summed E-state index contributed by atoms with van der Waals surface area (Å²) in [7, 11) is -10.9. The first-order valence-electron chi connectivity index (χ1n) is 7.41. The normalized spacial score (nSPS) is 25.1. The van der Waals surface area contributed by atoms with Crippen LogP contribution in [0, 0.1) is 0 Å². The second-order valence-corrected chi connectivity index (χ2v) is 8.37. The Morgan fingerprint density at radius 1 is 1.36 bits per heavy atom. The van der Waals surface area contributed by atoms with Gasteiger partial charge in [-0.25, -0.2) is 14.1 Å². The summed E-state index contributed by atoms with van der Waals surface area (Å²) in [4.78, 5) is 46.6. The van der Waals surface area contributed by atoms with E-state index in [1.54, 1.807) is 0 Å². The van der Waals surface area contributed by atoms with Crippen LogP contribution < -0.4 is 15.9 Å². The lowest BCUT2D eigenvalue weighted by Crippen LogP contribution is -2.30. The van der Waals surface area contributed by atoms with Crippen LogP contribution in [0.2, 0.25) is 0 Å². The number of fused-ring (bicyclic) bond motifs is 1. The van der Waals surface area contributed by atoms with Gasteiger partial charge >= 0.3 is 21.2 Å². The molecule has 1 aliphatic heterocycles. The van der Waals surface area contributed by atoms with Crippen molar-refractivity contribution >= 4 is 32.8 Å². The van der Waals surface area contributed by atoms with E-state index in [9.17, 15) is 23.9 Å². The second-order valence-electron chi connectivity index (χ2n) is 5.63. The van der Waals surface area contributed by atoms with Crippen molar-refractivity contribution in [2.45, 2.75) is 24.9 Å². The second kappa shape index (κ2) is 7.18. The van der Waals surface area contributed by atoms with Gasteiger partial charge in [-0.1, -0.05) is 4.73 Å². The third-order valence-corrected chi connectivity index (χ3v) is 5.72. The zero-order valence-electron chi connectivity index (χ0n) is 13.7. The maximum atomic E-state index is 12.4. The van der Waals surface area contributed by atoms with Crippen molar-refractivity contribution in [3.8, 4) is 0 Å². The van der Waals surface area contributed by atoms with Crippen LogP contribution in [0.15, 0.2) is 11.1 Å². The van der Waals surface area contributed by atoms with Gasteiger partial charge in [0.25, 0.3) is 0 Å². The Labute approximate surface area is 154 Å². The first kappa shape index (κ1) is 20.9. The van der Waals surface area contributed by atoms with E-state index in [4.69, 9.17) is 25.4 Å². The number of aromatic nitrogens is 4. The van der Waals surface area contributed by atoms with Gasteiger partial charge in [0.15, 0.2) is 11.2 Å². The van der Waals surface area contributed by atoms with Gasteiger partial charge in [-0.3, -0.25) is 14.3 Å². The number of nitrogens with two attached hydrogens (primary N) is 1. The van der Waals surface area contributed by atoms with Crippen LogP contribution in [0.1, 0.15) is 12.6 Å². The van der Waals surface area contributed by atoms with Gasteiger partial charge < -0.3 is 35.1 Å². The van der Waals surface area contributed by atoms with E-state index in [0.717, 1.165) is 6.33 Å². The van der Waals surface area contributed by atoms with Gasteiger partial charge in [0.2, 0.25) is 5.95 Å². The molecule has 18 heteroatoms. The first-order valence-corrected chi connectivity index (χ1v) is 10.4. The van der Waals surface area contributed by atoms with E-state index in [1.807, 2.05) is 0 Å². The Morgan fingerprint density at radius 3 is 2.61 bits per heavy atom. The molecule has 3 heterocycles. The summed E-state index contributed by atoms with van der Waals surface area (Å²) >= 11 is 0. The quantitative estimate of drug-likeness (QED) is 0.252. The topological polar surface area (TPSA) is 242 Å². The predicted octanol–water partition coefficient (Wildman–Crippen LogP) is -2.55. The number of phosphoric acid groups is 2. The van der Waals surface area contributed by atoms with Crippen molar-refractivity contribution in [2.24, 2.45) is 0 Å². The molecular weight excluding hydrogens is 428 g/mol. The lowest BCUT2D eigenvalue weighted by atomic mass is 10.2. The number of ether oxygens (including phenoxy) is 1. The minimum absolute atomic E-state index is 0.00299. The average Bonchev–Trinajstić information content (AvgIpc) is 3.12. The van der Waals surface area contributed by atoms with Crippen molar-refractivity contribution in [1.82, 2.24) is 19.3 Å². The van der Waals surface area contributed by atoms with Crippen LogP contribution in [-0.2, 0) is 18.2 Å². The molecule has 2 aromatic rings. The molecule has 1 saturated heterocycles. The van der Waals surface area contributed by atoms with Crippen LogP contribution in [0.4, 0.5) is 5.95 Å². The van der Waals surface area contributed by atoms with E-state index in [1.165, 1.54) is 4.57 Å². The summed E-state index contributed by atoms with van der Waals surface area (Å²) in [6, 6.07) is 0. The van der Waals surface area contributed by atoms with Gasteiger partial charge in [-0.05, 0) is 0 Å². The summed E-state index contributed by atoms with van der Waals surface area (Å²) in [5.41, 5.74) is 3.85. The Morgan fingerprint density at radius 2 is 2.04 bits per heavy atom. The monoisotopic (exact) mass is 443 g/mol. The number of imidazole rings is 1. The first-order chi connectivity index (χ1) is 12.9. The number of anilines is 1. The molecule has 16 nitrogen and oxygen atoms in total. The molecule has 0 radical (unpaired) electrons. The van der Waals surface area contributed by atoms with Crippen molar-refractivity contribution in [3.05, 3.63) is 16.7 Å². The molecule has 0 saturated carbocycles. The number of nitrogen functional groups attached to an aromatic ring is 1. The van der Waals surface area contributed by atoms with E-state index in [0.29, 0.717) is 0 Å². The van der Waals surface area contributed by atoms with Crippen molar-refractivity contribution < 1.29 is 47.7 Å².